The molecular weight excluding hydrogens is 286 g/mol. The van der Waals surface area contributed by atoms with Gasteiger partial charge in [-0.2, -0.15) is 0 Å². The molecule has 6 heteroatoms. The molecule has 2 aliphatic rings. The van der Waals surface area contributed by atoms with E-state index in [2.05, 4.69) is 10.0 Å². The fourth-order valence-electron chi connectivity index (χ4n) is 2.98. The molecule has 0 amide bonds. The first-order valence-corrected chi connectivity index (χ1v) is 9.51. The van der Waals surface area contributed by atoms with Gasteiger partial charge < -0.3 is 9.88 Å². The van der Waals surface area contributed by atoms with Crippen LogP contribution in [0, 0.1) is 0 Å². The topological polar surface area (TPSA) is 63.1 Å². The molecule has 0 spiro atoms. The Morgan fingerprint density at radius 3 is 2.52 bits per heavy atom. The number of aromatic nitrogens is 1. The average molecular weight is 311 g/mol. The number of nitrogens with one attached hydrogen (secondary N) is 2. The zero-order valence-electron chi connectivity index (χ0n) is 12.6. The Kier molecular flexibility index (Phi) is 4.38. The lowest BCUT2D eigenvalue weighted by molar-refractivity contribution is 0.552. The lowest BCUT2D eigenvalue weighted by Gasteiger charge is -2.11. The summed E-state index contributed by atoms with van der Waals surface area (Å²) < 4.78 is 29.8. The highest BCUT2D eigenvalue weighted by Crippen LogP contribution is 2.23. The molecule has 0 atom stereocenters. The van der Waals surface area contributed by atoms with Crippen LogP contribution in [-0.2, 0) is 23.1 Å². The van der Waals surface area contributed by atoms with Crippen LogP contribution in [0.4, 0.5) is 0 Å². The third kappa shape index (κ3) is 3.67. The van der Waals surface area contributed by atoms with Crippen LogP contribution in [0.2, 0.25) is 0 Å². The van der Waals surface area contributed by atoms with Crippen LogP contribution >= 0.6 is 0 Å². The van der Waals surface area contributed by atoms with E-state index in [0.717, 1.165) is 44.5 Å². The molecule has 1 heterocycles. The van der Waals surface area contributed by atoms with Crippen molar-refractivity contribution in [3.63, 3.8) is 0 Å². The third-order valence-electron chi connectivity index (χ3n) is 4.44. The van der Waals surface area contributed by atoms with Gasteiger partial charge in [0, 0.05) is 37.1 Å². The molecule has 21 heavy (non-hydrogen) atoms. The summed E-state index contributed by atoms with van der Waals surface area (Å²) in [6.45, 7) is 3.58. The van der Waals surface area contributed by atoms with Crippen LogP contribution in [0.1, 0.15) is 51.1 Å². The van der Waals surface area contributed by atoms with Gasteiger partial charge in [0.2, 0.25) is 10.0 Å². The Bertz CT molecular complexity index is 584. The minimum atomic E-state index is -3.38. The van der Waals surface area contributed by atoms with Crippen LogP contribution in [0.25, 0.3) is 0 Å². The highest BCUT2D eigenvalue weighted by atomic mass is 32.2. The van der Waals surface area contributed by atoms with Crippen LogP contribution in [-0.4, -0.2) is 25.1 Å². The molecule has 0 unspecified atom stereocenters. The predicted molar refractivity (Wildman–Crippen MR) is 82.5 cm³/mol. The van der Waals surface area contributed by atoms with E-state index in [-0.39, 0.29) is 6.04 Å². The second-order valence-electron chi connectivity index (χ2n) is 6.21. The van der Waals surface area contributed by atoms with Crippen LogP contribution in [0.5, 0.6) is 0 Å². The molecule has 2 saturated carbocycles. The van der Waals surface area contributed by atoms with E-state index in [4.69, 9.17) is 0 Å². The van der Waals surface area contributed by atoms with Crippen molar-refractivity contribution < 1.29 is 8.42 Å². The van der Waals surface area contributed by atoms with Crippen molar-refractivity contribution in [2.75, 3.05) is 0 Å². The Morgan fingerprint density at radius 2 is 1.90 bits per heavy atom. The summed E-state index contributed by atoms with van der Waals surface area (Å²) >= 11 is 0. The maximum Gasteiger partial charge on any atom is 0.242 e. The normalized spacial score (nSPS) is 20.2. The van der Waals surface area contributed by atoms with E-state index in [1.807, 2.05) is 17.6 Å². The molecule has 2 fully saturated rings. The van der Waals surface area contributed by atoms with Gasteiger partial charge >= 0.3 is 0 Å². The van der Waals surface area contributed by atoms with Crippen molar-refractivity contribution in [1.82, 2.24) is 14.6 Å². The Hall–Kier alpha value is -0.850. The van der Waals surface area contributed by atoms with Gasteiger partial charge in [-0.05, 0) is 38.7 Å². The zero-order valence-corrected chi connectivity index (χ0v) is 13.5. The van der Waals surface area contributed by atoms with Crippen molar-refractivity contribution in [2.45, 2.75) is 75.5 Å². The molecule has 0 saturated heterocycles. The molecule has 118 valence electrons. The summed E-state index contributed by atoms with van der Waals surface area (Å²) in [6, 6.07) is 2.56. The Balaban J connectivity index is 1.73. The lowest BCUT2D eigenvalue weighted by atomic mass is 10.3. The molecule has 1 aromatic heterocycles. The molecule has 5 nitrogen and oxygen atoms in total. The SMILES string of the molecule is CCn1cc(S(=O)(=O)NC2CCCC2)cc1CNC1CC1. The molecular formula is C15H25N3O2S. The minimum Gasteiger partial charge on any atom is -0.349 e. The molecule has 2 N–H and O–H groups in total. The second-order valence-corrected chi connectivity index (χ2v) is 7.92. The summed E-state index contributed by atoms with van der Waals surface area (Å²) in [5, 5.41) is 3.45. The fraction of sp³-hybridized carbons (Fsp3) is 0.733. The number of hydrogen-bond donors (Lipinski definition) is 2. The van der Waals surface area contributed by atoms with E-state index in [9.17, 15) is 8.42 Å². The van der Waals surface area contributed by atoms with E-state index < -0.39 is 10.0 Å². The molecule has 0 aliphatic heterocycles. The standard InChI is InChI=1S/C15H25N3O2S/c1-2-18-11-15(9-14(18)10-16-12-7-8-12)21(19,20)17-13-5-3-4-6-13/h9,11-13,16-17H,2-8,10H2,1H3. The molecule has 0 aromatic carbocycles. The van der Waals surface area contributed by atoms with Crippen molar-refractivity contribution >= 4 is 10.0 Å². The van der Waals surface area contributed by atoms with Gasteiger partial charge in [-0.1, -0.05) is 12.8 Å². The van der Waals surface area contributed by atoms with Crippen LogP contribution in [0.15, 0.2) is 17.2 Å². The first kappa shape index (κ1) is 15.1. The fourth-order valence-corrected chi connectivity index (χ4v) is 4.35. The summed E-state index contributed by atoms with van der Waals surface area (Å²) in [7, 11) is -3.38. The second kappa shape index (κ2) is 6.10. The lowest BCUT2D eigenvalue weighted by Crippen LogP contribution is -2.32. The first-order valence-electron chi connectivity index (χ1n) is 8.03. The predicted octanol–water partition coefficient (Wildman–Crippen LogP) is 1.98. The van der Waals surface area contributed by atoms with Gasteiger partial charge in [0.05, 0.1) is 4.90 Å². The highest BCUT2D eigenvalue weighted by Gasteiger charge is 2.25. The maximum atomic E-state index is 12.5. The average Bonchev–Trinajstić information content (AvgIpc) is 2.97. The summed E-state index contributed by atoms with van der Waals surface area (Å²) in [5.41, 5.74) is 1.05. The number of aryl methyl sites for hydroxylation is 1. The van der Waals surface area contributed by atoms with Gasteiger partial charge in [0.25, 0.3) is 0 Å². The summed E-state index contributed by atoms with van der Waals surface area (Å²) in [4.78, 5) is 0.406. The van der Waals surface area contributed by atoms with Crippen molar-refractivity contribution in [3.8, 4) is 0 Å². The summed E-state index contributed by atoms with van der Waals surface area (Å²) in [6.07, 6.45) is 8.41. The van der Waals surface area contributed by atoms with Gasteiger partial charge in [-0.3, -0.25) is 0 Å². The largest absolute Gasteiger partial charge is 0.349 e. The smallest absolute Gasteiger partial charge is 0.242 e. The third-order valence-corrected chi connectivity index (χ3v) is 5.93. The van der Waals surface area contributed by atoms with Crippen molar-refractivity contribution in [2.24, 2.45) is 0 Å². The van der Waals surface area contributed by atoms with E-state index in [1.165, 1.54) is 12.8 Å². The Morgan fingerprint density at radius 1 is 1.19 bits per heavy atom. The van der Waals surface area contributed by atoms with Crippen molar-refractivity contribution in [3.05, 3.63) is 18.0 Å². The quantitative estimate of drug-likeness (QED) is 0.809. The van der Waals surface area contributed by atoms with Gasteiger partial charge in [-0.25, -0.2) is 13.1 Å². The number of sulfonamides is 1. The number of rotatable bonds is 7. The van der Waals surface area contributed by atoms with Gasteiger partial charge in [0.15, 0.2) is 0 Å². The minimum absolute atomic E-state index is 0.119. The van der Waals surface area contributed by atoms with E-state index in [0.29, 0.717) is 10.9 Å². The van der Waals surface area contributed by atoms with Crippen molar-refractivity contribution in [1.29, 1.82) is 0 Å². The van der Waals surface area contributed by atoms with Gasteiger partial charge in [-0.15, -0.1) is 0 Å². The number of nitrogens with zero attached hydrogens (tertiary/aromatic N) is 1. The van der Waals surface area contributed by atoms with E-state index in [1.54, 1.807) is 6.20 Å². The van der Waals surface area contributed by atoms with Crippen LogP contribution < -0.4 is 10.0 Å². The van der Waals surface area contributed by atoms with Gasteiger partial charge in [0.1, 0.15) is 0 Å². The maximum absolute atomic E-state index is 12.5. The molecule has 2 aliphatic carbocycles. The molecule has 3 rings (SSSR count). The highest BCUT2D eigenvalue weighted by molar-refractivity contribution is 7.89. The Labute approximate surface area is 127 Å². The van der Waals surface area contributed by atoms with Crippen LogP contribution in [0.3, 0.4) is 0 Å². The monoisotopic (exact) mass is 311 g/mol. The number of hydrogen-bond acceptors (Lipinski definition) is 3. The molecule has 1 aromatic rings. The molecule has 0 radical (unpaired) electrons. The van der Waals surface area contributed by atoms with E-state index >= 15 is 0 Å². The first-order chi connectivity index (χ1) is 10.1. The summed E-state index contributed by atoms with van der Waals surface area (Å²) in [5.74, 6) is 0. The zero-order chi connectivity index (χ0) is 14.9. The molecule has 0 bridgehead atoms.